The molecular weight excluding hydrogens is 420 g/mol. The van der Waals surface area contributed by atoms with Gasteiger partial charge in [0.1, 0.15) is 28.4 Å². The van der Waals surface area contributed by atoms with Crippen molar-refractivity contribution in [1.82, 2.24) is 10.2 Å². The predicted octanol–water partition coefficient (Wildman–Crippen LogP) is 1.39. The molecule has 10 nitrogen and oxygen atoms in total. The lowest BCUT2D eigenvalue weighted by atomic mass is 10.2. The van der Waals surface area contributed by atoms with E-state index in [1.807, 2.05) is 0 Å². The molecule has 0 spiro atoms. The molecule has 1 unspecified atom stereocenters. The second-order valence-corrected chi connectivity index (χ2v) is 9.38. The van der Waals surface area contributed by atoms with Gasteiger partial charge in [0.2, 0.25) is 16.9 Å². The molecule has 0 radical (unpaired) electrons. The maximum atomic E-state index is 12.2. The van der Waals surface area contributed by atoms with Crippen molar-refractivity contribution in [1.29, 1.82) is 0 Å². The Kier molecular flexibility index (Phi) is 6.77. The Hall–Kier alpha value is -2.57. The first kappa shape index (κ1) is 21.1. The first-order valence-corrected chi connectivity index (χ1v) is 11.4. The van der Waals surface area contributed by atoms with Crippen LogP contribution in [0.4, 0.5) is 10.8 Å². The zero-order chi connectivity index (χ0) is 20.9. The van der Waals surface area contributed by atoms with E-state index in [1.165, 1.54) is 7.11 Å². The summed E-state index contributed by atoms with van der Waals surface area (Å²) in [7, 11) is -2.45. The molecule has 2 aromatic rings. The SMILES string of the molecule is COc1ccc(NC(=O)CS(=O)(=O)CC(=O)Nc2nnc(C3CCCO3)s2)cc1. The first-order valence-electron chi connectivity index (χ1n) is 8.74. The van der Waals surface area contributed by atoms with Crippen molar-refractivity contribution in [2.24, 2.45) is 0 Å². The van der Waals surface area contributed by atoms with Crippen molar-refractivity contribution >= 4 is 43.8 Å². The van der Waals surface area contributed by atoms with Gasteiger partial charge in [0.05, 0.1) is 7.11 Å². The van der Waals surface area contributed by atoms with E-state index in [9.17, 15) is 18.0 Å². The van der Waals surface area contributed by atoms with E-state index in [0.717, 1.165) is 24.2 Å². The van der Waals surface area contributed by atoms with E-state index >= 15 is 0 Å². The standard InChI is InChI=1S/C17H20N4O6S2/c1-26-12-6-4-11(5-7-12)18-14(22)9-29(24,25)10-15(23)19-17-21-20-16(28-17)13-3-2-8-27-13/h4-7,13H,2-3,8-10H2,1H3,(H,18,22)(H,19,21,23). The minimum absolute atomic E-state index is 0.136. The van der Waals surface area contributed by atoms with Crippen molar-refractivity contribution in [3.05, 3.63) is 29.3 Å². The van der Waals surface area contributed by atoms with Gasteiger partial charge in [0, 0.05) is 12.3 Å². The Morgan fingerprint density at radius 1 is 1.17 bits per heavy atom. The average molecular weight is 441 g/mol. The van der Waals surface area contributed by atoms with Gasteiger partial charge < -0.3 is 14.8 Å². The quantitative estimate of drug-likeness (QED) is 0.628. The molecule has 2 heterocycles. The minimum atomic E-state index is -3.96. The molecule has 0 saturated carbocycles. The number of hydrogen-bond acceptors (Lipinski definition) is 9. The molecule has 0 bridgehead atoms. The Labute approximate surface area is 171 Å². The molecule has 29 heavy (non-hydrogen) atoms. The molecule has 1 aromatic heterocycles. The molecular formula is C17H20N4O6S2. The zero-order valence-electron chi connectivity index (χ0n) is 15.6. The summed E-state index contributed by atoms with van der Waals surface area (Å²) in [6.07, 6.45) is 1.63. The third kappa shape index (κ3) is 6.21. The lowest BCUT2D eigenvalue weighted by Gasteiger charge is -2.07. The van der Waals surface area contributed by atoms with Gasteiger partial charge in [-0.15, -0.1) is 10.2 Å². The van der Waals surface area contributed by atoms with Crippen LogP contribution >= 0.6 is 11.3 Å². The molecule has 12 heteroatoms. The summed E-state index contributed by atoms with van der Waals surface area (Å²) < 4.78 is 34.8. The maximum Gasteiger partial charge on any atom is 0.241 e. The van der Waals surface area contributed by atoms with Crippen LogP contribution in [0.3, 0.4) is 0 Å². The van der Waals surface area contributed by atoms with Gasteiger partial charge in [-0.25, -0.2) is 8.42 Å². The van der Waals surface area contributed by atoms with E-state index in [2.05, 4.69) is 20.8 Å². The number of ether oxygens (including phenoxy) is 2. The zero-order valence-corrected chi connectivity index (χ0v) is 17.2. The number of amides is 2. The topological polar surface area (TPSA) is 137 Å². The van der Waals surface area contributed by atoms with Crippen LogP contribution < -0.4 is 15.4 Å². The highest BCUT2D eigenvalue weighted by Crippen LogP contribution is 2.31. The molecule has 1 aliphatic heterocycles. The molecule has 1 aliphatic rings. The van der Waals surface area contributed by atoms with Gasteiger partial charge in [0.25, 0.3) is 0 Å². The predicted molar refractivity (Wildman–Crippen MR) is 107 cm³/mol. The van der Waals surface area contributed by atoms with Crippen LogP contribution in [0.1, 0.15) is 24.0 Å². The van der Waals surface area contributed by atoms with E-state index < -0.39 is 33.2 Å². The minimum Gasteiger partial charge on any atom is -0.497 e. The highest BCUT2D eigenvalue weighted by atomic mass is 32.2. The number of rotatable bonds is 8. The number of methoxy groups -OCH3 is 1. The average Bonchev–Trinajstić information content (AvgIpc) is 3.32. The van der Waals surface area contributed by atoms with Crippen molar-refractivity contribution in [3.8, 4) is 5.75 Å². The Morgan fingerprint density at radius 3 is 2.48 bits per heavy atom. The van der Waals surface area contributed by atoms with E-state index in [4.69, 9.17) is 9.47 Å². The smallest absolute Gasteiger partial charge is 0.241 e. The molecule has 156 valence electrons. The van der Waals surface area contributed by atoms with Crippen LogP contribution in [0.2, 0.25) is 0 Å². The van der Waals surface area contributed by atoms with Crippen LogP contribution in [0.15, 0.2) is 24.3 Å². The fourth-order valence-electron chi connectivity index (χ4n) is 2.66. The normalized spacial score (nSPS) is 16.4. The lowest BCUT2D eigenvalue weighted by Crippen LogP contribution is -2.30. The molecule has 1 atom stereocenters. The Morgan fingerprint density at radius 2 is 1.86 bits per heavy atom. The first-order chi connectivity index (χ1) is 13.8. The summed E-state index contributed by atoms with van der Waals surface area (Å²) >= 11 is 1.14. The van der Waals surface area contributed by atoms with E-state index in [1.54, 1.807) is 24.3 Å². The molecule has 1 saturated heterocycles. The van der Waals surface area contributed by atoms with Crippen molar-refractivity contribution < 1.29 is 27.5 Å². The Balaban J connectivity index is 1.50. The highest BCUT2D eigenvalue weighted by molar-refractivity contribution is 7.92. The second kappa shape index (κ2) is 9.29. The lowest BCUT2D eigenvalue weighted by molar-refractivity contribution is -0.114. The second-order valence-electron chi connectivity index (χ2n) is 6.30. The van der Waals surface area contributed by atoms with Gasteiger partial charge in [-0.05, 0) is 37.1 Å². The van der Waals surface area contributed by atoms with Gasteiger partial charge >= 0.3 is 0 Å². The summed E-state index contributed by atoms with van der Waals surface area (Å²) in [5.74, 6) is -2.56. The third-order valence-electron chi connectivity index (χ3n) is 3.97. The monoisotopic (exact) mass is 440 g/mol. The van der Waals surface area contributed by atoms with Crippen LogP contribution in [0.5, 0.6) is 5.75 Å². The number of aromatic nitrogens is 2. The summed E-state index contributed by atoms with van der Waals surface area (Å²) in [6, 6.07) is 6.42. The van der Waals surface area contributed by atoms with Crippen molar-refractivity contribution in [2.45, 2.75) is 18.9 Å². The number of nitrogens with zero attached hydrogens (tertiary/aromatic N) is 2. The number of carbonyl (C=O) groups is 2. The Bertz CT molecular complexity index is 968. The number of anilines is 2. The van der Waals surface area contributed by atoms with Crippen LogP contribution in [-0.4, -0.2) is 55.7 Å². The van der Waals surface area contributed by atoms with E-state index in [-0.39, 0.29) is 11.2 Å². The number of sulfone groups is 1. The van der Waals surface area contributed by atoms with Crippen molar-refractivity contribution in [3.63, 3.8) is 0 Å². The molecule has 2 amide bonds. The molecule has 0 aliphatic carbocycles. The summed E-state index contributed by atoms with van der Waals surface area (Å²) in [4.78, 5) is 24.0. The third-order valence-corrected chi connectivity index (χ3v) is 6.30. The van der Waals surface area contributed by atoms with Gasteiger partial charge in [-0.1, -0.05) is 11.3 Å². The maximum absolute atomic E-state index is 12.2. The van der Waals surface area contributed by atoms with Crippen LogP contribution in [0.25, 0.3) is 0 Å². The fraction of sp³-hybridized carbons (Fsp3) is 0.412. The largest absolute Gasteiger partial charge is 0.497 e. The molecule has 1 fully saturated rings. The molecule has 2 N–H and O–H groups in total. The number of hydrogen-bond donors (Lipinski definition) is 2. The fourth-order valence-corrected chi connectivity index (χ4v) is 4.55. The summed E-state index contributed by atoms with van der Waals surface area (Å²) in [6.45, 7) is 0.656. The van der Waals surface area contributed by atoms with Gasteiger partial charge in [-0.3, -0.25) is 14.9 Å². The highest BCUT2D eigenvalue weighted by Gasteiger charge is 2.24. The van der Waals surface area contributed by atoms with Gasteiger partial charge in [0.15, 0.2) is 9.84 Å². The summed E-state index contributed by atoms with van der Waals surface area (Å²) in [5, 5.41) is 13.5. The van der Waals surface area contributed by atoms with Crippen LogP contribution in [-0.2, 0) is 24.2 Å². The number of benzene rings is 1. The molecule has 3 rings (SSSR count). The summed E-state index contributed by atoms with van der Waals surface area (Å²) in [5.41, 5.74) is 0.422. The number of nitrogens with one attached hydrogen (secondary N) is 2. The molecule has 1 aromatic carbocycles. The number of carbonyl (C=O) groups excluding carboxylic acids is 2. The van der Waals surface area contributed by atoms with Gasteiger partial charge in [-0.2, -0.15) is 0 Å². The van der Waals surface area contributed by atoms with E-state index in [0.29, 0.717) is 23.1 Å². The van der Waals surface area contributed by atoms with Crippen LogP contribution in [0, 0.1) is 0 Å². The van der Waals surface area contributed by atoms with Crippen molar-refractivity contribution in [2.75, 3.05) is 35.9 Å².